The third-order valence-electron chi connectivity index (χ3n) is 3.38. The molecule has 0 saturated heterocycles. The quantitative estimate of drug-likeness (QED) is 0.415. The van der Waals surface area contributed by atoms with Gasteiger partial charge in [-0.15, -0.1) is 0 Å². The lowest BCUT2D eigenvalue weighted by molar-refractivity contribution is 0.986. The minimum absolute atomic E-state index is 0.740. The minimum atomic E-state index is 0.740. The van der Waals surface area contributed by atoms with E-state index >= 15 is 0 Å². The van der Waals surface area contributed by atoms with Crippen molar-refractivity contribution in [3.05, 3.63) is 49.7 Å². The summed E-state index contributed by atoms with van der Waals surface area (Å²) in [4.78, 5) is 17.5. The van der Waals surface area contributed by atoms with E-state index in [-0.39, 0.29) is 0 Å². The molecule has 96 valence electrons. The van der Waals surface area contributed by atoms with Gasteiger partial charge in [-0.3, -0.25) is 17.6 Å². The largest absolute Gasteiger partial charge is 0.269 e. The van der Waals surface area contributed by atoms with E-state index < -0.39 is 0 Å². The zero-order chi connectivity index (χ0) is 13.1. The lowest BCUT2D eigenvalue weighted by Gasteiger charge is -2.01. The van der Waals surface area contributed by atoms with Crippen molar-refractivity contribution in [2.45, 2.75) is 0 Å². The summed E-state index contributed by atoms with van der Waals surface area (Å²) in [5.41, 5.74) is 0.879. The molecule has 0 radical (unpaired) electrons. The Bertz CT molecular complexity index is 809. The van der Waals surface area contributed by atoms with Crippen molar-refractivity contribution in [1.82, 2.24) is 37.5 Å². The van der Waals surface area contributed by atoms with Gasteiger partial charge in [-0.25, -0.2) is 19.9 Å². The van der Waals surface area contributed by atoms with Gasteiger partial charge in [-0.1, -0.05) is 0 Å². The SMILES string of the molecule is c1cn2c3cncn3c3nccn3c3nccn3c2n1. The van der Waals surface area contributed by atoms with E-state index in [0.717, 1.165) is 23.0 Å². The topological polar surface area (TPSA) is 69.2 Å². The molecule has 5 heterocycles. The average Bonchev–Trinajstić information content (AvgIpc) is 3.21. The van der Waals surface area contributed by atoms with Crippen molar-refractivity contribution in [3.8, 4) is 0 Å². The molecular formula is C12H8N8. The lowest BCUT2D eigenvalue weighted by atomic mass is 10.7. The first-order valence-electron chi connectivity index (χ1n) is 6.07. The average molecular weight is 264 g/mol. The molecule has 0 bridgehead atoms. The fourth-order valence-electron chi connectivity index (χ4n) is 2.53. The summed E-state index contributed by atoms with van der Waals surface area (Å²) < 4.78 is 7.69. The highest BCUT2D eigenvalue weighted by Crippen LogP contribution is 2.12. The molecule has 0 aliphatic rings. The van der Waals surface area contributed by atoms with Crippen LogP contribution in [0.3, 0.4) is 0 Å². The second-order valence-corrected chi connectivity index (χ2v) is 4.41. The number of hydrogen-bond acceptors (Lipinski definition) is 4. The fraction of sp³-hybridized carbons (Fsp3) is 0. The van der Waals surface area contributed by atoms with Gasteiger partial charge >= 0.3 is 0 Å². The van der Waals surface area contributed by atoms with Gasteiger partial charge < -0.3 is 0 Å². The van der Waals surface area contributed by atoms with Gasteiger partial charge in [0.1, 0.15) is 12.0 Å². The molecule has 5 rings (SSSR count). The maximum atomic E-state index is 4.42. The molecule has 0 aliphatic heterocycles. The molecule has 8 nitrogen and oxygen atoms in total. The molecule has 20 heavy (non-hydrogen) atoms. The Morgan fingerprint density at radius 3 is 1.90 bits per heavy atom. The van der Waals surface area contributed by atoms with E-state index in [4.69, 9.17) is 0 Å². The predicted molar refractivity (Wildman–Crippen MR) is 70.3 cm³/mol. The zero-order valence-corrected chi connectivity index (χ0v) is 10.2. The Kier molecular flexibility index (Phi) is 1.57. The van der Waals surface area contributed by atoms with Crippen LogP contribution in [-0.2, 0) is 0 Å². The van der Waals surface area contributed by atoms with E-state index in [0.29, 0.717) is 0 Å². The van der Waals surface area contributed by atoms with Crippen LogP contribution in [-0.4, -0.2) is 37.5 Å². The number of nitrogens with zero attached hydrogens (tertiary/aromatic N) is 8. The number of aromatic nitrogens is 8. The molecule has 0 aromatic carbocycles. The van der Waals surface area contributed by atoms with E-state index in [1.807, 2.05) is 36.2 Å². The van der Waals surface area contributed by atoms with Crippen molar-refractivity contribution in [2.24, 2.45) is 0 Å². The van der Waals surface area contributed by atoms with Crippen LogP contribution in [0, 0.1) is 0 Å². The Morgan fingerprint density at radius 1 is 0.650 bits per heavy atom. The maximum Gasteiger partial charge on any atom is 0.223 e. The number of hydrogen-bond donors (Lipinski definition) is 0. The molecule has 0 saturated carbocycles. The summed E-state index contributed by atoms with van der Waals surface area (Å²) in [5, 5.41) is 0. The number of fused-ring (bicyclic) bond motifs is 8. The standard InChI is InChI=1S/C12H8N8/c1-4-17-9-7-13-8-20(9)12-16-3-6-19(12)11-15-2-5-18(11)10(17)14-1/h1-8H. The van der Waals surface area contributed by atoms with Gasteiger partial charge in [0, 0.05) is 37.2 Å². The summed E-state index contributed by atoms with van der Waals surface area (Å²) in [7, 11) is 0. The molecule has 0 atom stereocenters. The third kappa shape index (κ3) is 1.02. The first kappa shape index (κ1) is 9.73. The van der Waals surface area contributed by atoms with Crippen LogP contribution in [0.5, 0.6) is 0 Å². The molecule has 5 aromatic rings. The summed E-state index contributed by atoms with van der Waals surface area (Å²) in [5.74, 6) is 2.24. The Balaban J connectivity index is 2.33. The van der Waals surface area contributed by atoms with Gasteiger partial charge in [0.2, 0.25) is 17.3 Å². The molecule has 0 amide bonds. The number of rotatable bonds is 0. The molecule has 0 N–H and O–H groups in total. The van der Waals surface area contributed by atoms with E-state index in [2.05, 4.69) is 19.9 Å². The lowest BCUT2D eigenvalue weighted by Crippen LogP contribution is -2.01. The summed E-state index contributed by atoms with van der Waals surface area (Å²) in [6.07, 6.45) is 14.4. The van der Waals surface area contributed by atoms with E-state index in [9.17, 15) is 0 Å². The first-order chi connectivity index (χ1) is 9.93. The van der Waals surface area contributed by atoms with Gasteiger partial charge in [0.15, 0.2) is 0 Å². The van der Waals surface area contributed by atoms with Crippen molar-refractivity contribution in [1.29, 1.82) is 0 Å². The van der Waals surface area contributed by atoms with Gasteiger partial charge in [-0.05, 0) is 0 Å². The van der Waals surface area contributed by atoms with Crippen LogP contribution in [0.2, 0.25) is 0 Å². The first-order valence-corrected chi connectivity index (χ1v) is 6.07. The molecule has 5 aromatic heterocycles. The van der Waals surface area contributed by atoms with Gasteiger partial charge in [-0.2, -0.15) is 0 Å². The molecule has 0 aliphatic carbocycles. The van der Waals surface area contributed by atoms with Crippen molar-refractivity contribution in [2.75, 3.05) is 0 Å². The Hall–Kier alpha value is -3.16. The normalized spacial score (nSPS) is 12.0. The van der Waals surface area contributed by atoms with E-state index in [1.54, 1.807) is 31.1 Å². The van der Waals surface area contributed by atoms with Crippen molar-refractivity contribution in [3.63, 3.8) is 0 Å². The predicted octanol–water partition coefficient (Wildman–Crippen LogP) is 0.840. The highest BCUT2D eigenvalue weighted by Gasteiger charge is 2.09. The van der Waals surface area contributed by atoms with E-state index in [1.165, 1.54) is 0 Å². The molecular weight excluding hydrogens is 256 g/mol. The van der Waals surface area contributed by atoms with Crippen molar-refractivity contribution < 1.29 is 0 Å². The molecule has 0 unspecified atom stereocenters. The van der Waals surface area contributed by atoms with Crippen LogP contribution in [0.4, 0.5) is 0 Å². The van der Waals surface area contributed by atoms with Crippen LogP contribution in [0.15, 0.2) is 49.7 Å². The Morgan fingerprint density at radius 2 is 1.20 bits per heavy atom. The fourth-order valence-corrected chi connectivity index (χ4v) is 2.53. The Labute approximate surface area is 111 Å². The highest BCUT2D eigenvalue weighted by molar-refractivity contribution is 5.55. The second-order valence-electron chi connectivity index (χ2n) is 4.41. The monoisotopic (exact) mass is 264 g/mol. The van der Waals surface area contributed by atoms with Crippen molar-refractivity contribution >= 4 is 23.0 Å². The van der Waals surface area contributed by atoms with Gasteiger partial charge in [0.05, 0.1) is 6.20 Å². The molecule has 8 heteroatoms. The third-order valence-corrected chi connectivity index (χ3v) is 3.38. The zero-order valence-electron chi connectivity index (χ0n) is 10.2. The second kappa shape index (κ2) is 3.23. The molecule has 0 spiro atoms. The maximum absolute atomic E-state index is 4.42. The van der Waals surface area contributed by atoms with Crippen LogP contribution >= 0.6 is 0 Å². The smallest absolute Gasteiger partial charge is 0.223 e. The van der Waals surface area contributed by atoms with Crippen LogP contribution < -0.4 is 0 Å². The highest BCUT2D eigenvalue weighted by atomic mass is 15.3. The summed E-state index contributed by atoms with van der Waals surface area (Å²) in [6, 6.07) is 0. The van der Waals surface area contributed by atoms with Gasteiger partial charge in [0.25, 0.3) is 0 Å². The summed E-state index contributed by atoms with van der Waals surface area (Å²) >= 11 is 0. The molecule has 0 fully saturated rings. The number of imidazole rings is 4. The minimum Gasteiger partial charge on any atom is -0.269 e. The van der Waals surface area contributed by atoms with Crippen LogP contribution in [0.1, 0.15) is 0 Å². The summed E-state index contributed by atoms with van der Waals surface area (Å²) in [6.45, 7) is 0. The van der Waals surface area contributed by atoms with Crippen LogP contribution in [0.25, 0.3) is 23.0 Å².